The van der Waals surface area contributed by atoms with Gasteiger partial charge in [0.05, 0.1) is 27.7 Å². The van der Waals surface area contributed by atoms with E-state index in [1.807, 2.05) is 0 Å². The molecule has 1 aromatic heterocycles. The first-order chi connectivity index (χ1) is 11.5. The zero-order valence-electron chi connectivity index (χ0n) is 16.7. The topological polar surface area (TPSA) is 4.93 Å². The lowest BCUT2D eigenvalue weighted by atomic mass is 10.1. The van der Waals surface area contributed by atoms with Crippen LogP contribution in [0.1, 0.15) is 57.4 Å². The van der Waals surface area contributed by atoms with Crippen molar-refractivity contribution >= 4 is 10.9 Å². The molecule has 0 spiro atoms. The first-order valence-corrected chi connectivity index (χ1v) is 9.88. The Kier molecular flexibility index (Phi) is 10.1. The number of hydrogen-bond acceptors (Lipinski definition) is 0. The molecule has 0 atom stereocenters. The van der Waals surface area contributed by atoms with Crippen LogP contribution in [0.25, 0.3) is 10.9 Å². The second-order valence-corrected chi connectivity index (χ2v) is 8.25. The fourth-order valence-electron chi connectivity index (χ4n) is 3.51. The molecule has 0 aliphatic heterocycles. The van der Waals surface area contributed by atoms with E-state index in [0.717, 1.165) is 4.48 Å². The molecule has 2 nitrogen and oxygen atoms in total. The van der Waals surface area contributed by atoms with Crippen molar-refractivity contribution in [2.24, 2.45) is 0 Å². The Bertz CT molecular complexity index is 610. The van der Waals surface area contributed by atoms with Crippen molar-refractivity contribution in [3.05, 3.63) is 36.0 Å². The summed E-state index contributed by atoms with van der Waals surface area (Å²) < 4.78 is 3.55. The molecular formula is C22H37IN2. The molecule has 0 fully saturated rings. The van der Waals surface area contributed by atoms with Gasteiger partial charge in [0, 0.05) is 30.1 Å². The Morgan fingerprint density at radius 2 is 1.56 bits per heavy atom. The fourth-order valence-corrected chi connectivity index (χ4v) is 3.51. The van der Waals surface area contributed by atoms with Crippen molar-refractivity contribution in [2.45, 2.75) is 64.8 Å². The normalized spacial score (nSPS) is 11.7. The molecule has 1 aromatic carbocycles. The number of aryl methyl sites for hydroxylation is 2. The lowest BCUT2D eigenvalue weighted by molar-refractivity contribution is -0.870. The van der Waals surface area contributed by atoms with Gasteiger partial charge in [0.15, 0.2) is 0 Å². The summed E-state index contributed by atoms with van der Waals surface area (Å²) in [6, 6.07) is 8.95. The predicted molar refractivity (Wildman–Crippen MR) is 107 cm³/mol. The van der Waals surface area contributed by atoms with Crippen molar-refractivity contribution < 1.29 is 28.5 Å². The number of unbranched alkanes of at least 4 members (excludes halogenated alkanes) is 5. The Morgan fingerprint density at radius 3 is 2.28 bits per heavy atom. The van der Waals surface area contributed by atoms with Crippen LogP contribution in [0.4, 0.5) is 0 Å². The second-order valence-electron chi connectivity index (χ2n) is 8.25. The Hall–Kier alpha value is -0.550. The van der Waals surface area contributed by atoms with E-state index in [4.69, 9.17) is 0 Å². The third-order valence-corrected chi connectivity index (χ3v) is 4.90. The lowest BCUT2D eigenvalue weighted by Crippen LogP contribution is -3.00. The van der Waals surface area contributed by atoms with Crippen molar-refractivity contribution in [3.8, 4) is 0 Å². The third-order valence-electron chi connectivity index (χ3n) is 4.90. The fraction of sp³-hybridized carbons (Fsp3) is 0.636. The minimum atomic E-state index is 0. The summed E-state index contributed by atoms with van der Waals surface area (Å²) in [5, 5.41) is 1.46. The maximum Gasteiger partial charge on any atom is 0.0783 e. The number of nitrogens with zero attached hydrogens (tertiary/aromatic N) is 2. The van der Waals surface area contributed by atoms with Gasteiger partial charge in [-0.05, 0) is 24.5 Å². The van der Waals surface area contributed by atoms with E-state index in [9.17, 15) is 0 Å². The largest absolute Gasteiger partial charge is 1.00 e. The maximum atomic E-state index is 2.50. The highest BCUT2D eigenvalue weighted by atomic mass is 127. The molecule has 0 saturated heterocycles. The van der Waals surface area contributed by atoms with Crippen LogP contribution in [0, 0.1) is 0 Å². The van der Waals surface area contributed by atoms with E-state index in [1.165, 1.54) is 80.9 Å². The predicted octanol–water partition coefficient (Wildman–Crippen LogP) is 2.64. The molecule has 3 heteroatoms. The number of halogens is 1. The van der Waals surface area contributed by atoms with E-state index >= 15 is 0 Å². The highest BCUT2D eigenvalue weighted by molar-refractivity contribution is 5.83. The minimum absolute atomic E-state index is 0. The summed E-state index contributed by atoms with van der Waals surface area (Å²) in [6.07, 6.45) is 13.1. The van der Waals surface area contributed by atoms with Gasteiger partial charge < -0.3 is 33.0 Å². The van der Waals surface area contributed by atoms with Crippen molar-refractivity contribution in [2.75, 3.05) is 27.7 Å². The van der Waals surface area contributed by atoms with Gasteiger partial charge in [0.25, 0.3) is 0 Å². The van der Waals surface area contributed by atoms with Crippen LogP contribution < -0.4 is 24.0 Å². The van der Waals surface area contributed by atoms with Gasteiger partial charge >= 0.3 is 0 Å². The zero-order valence-corrected chi connectivity index (χ0v) is 18.9. The van der Waals surface area contributed by atoms with E-state index in [-0.39, 0.29) is 24.0 Å². The molecule has 0 aliphatic carbocycles. The van der Waals surface area contributed by atoms with Gasteiger partial charge in [-0.15, -0.1) is 0 Å². The van der Waals surface area contributed by atoms with Crippen molar-refractivity contribution in [3.63, 3.8) is 0 Å². The first kappa shape index (κ1) is 22.5. The number of fused-ring (bicyclic) bond motifs is 1. The molecule has 0 saturated carbocycles. The standard InChI is InChI=1S/C22H37N2.HI/c1-5-6-7-8-9-12-17-23-19-20(14-13-18-24(2,3)4)21-15-10-11-16-22(21)23;/h10-11,15-16,19H,5-9,12-14,17-18H2,1-4H3;1H/q+1;/p-1. The van der Waals surface area contributed by atoms with Crippen LogP contribution >= 0.6 is 0 Å². The smallest absolute Gasteiger partial charge is 0.0783 e. The summed E-state index contributed by atoms with van der Waals surface area (Å²) >= 11 is 0. The number of benzene rings is 1. The molecule has 142 valence electrons. The molecule has 0 amide bonds. The molecule has 0 unspecified atom stereocenters. The third kappa shape index (κ3) is 7.69. The molecule has 1 heterocycles. The van der Waals surface area contributed by atoms with E-state index in [0.29, 0.717) is 0 Å². The van der Waals surface area contributed by atoms with Gasteiger partial charge in [-0.25, -0.2) is 0 Å². The van der Waals surface area contributed by atoms with Gasteiger partial charge in [0.2, 0.25) is 0 Å². The first-order valence-electron chi connectivity index (χ1n) is 9.88. The Morgan fingerprint density at radius 1 is 0.880 bits per heavy atom. The summed E-state index contributed by atoms with van der Waals surface area (Å²) in [6.45, 7) is 4.69. The molecule has 0 N–H and O–H groups in total. The van der Waals surface area contributed by atoms with E-state index in [2.05, 4.69) is 63.1 Å². The quantitative estimate of drug-likeness (QED) is 0.278. The molecule has 2 rings (SSSR count). The second kappa shape index (κ2) is 11.2. The zero-order chi connectivity index (χ0) is 17.4. The van der Waals surface area contributed by atoms with Crippen molar-refractivity contribution in [1.29, 1.82) is 0 Å². The summed E-state index contributed by atoms with van der Waals surface area (Å²) in [7, 11) is 6.84. The molecular weight excluding hydrogens is 419 g/mol. The molecule has 2 aromatic rings. The number of quaternary nitrogens is 1. The maximum absolute atomic E-state index is 2.50. The van der Waals surface area contributed by atoms with Crippen LogP contribution in [0.2, 0.25) is 0 Å². The lowest BCUT2D eigenvalue weighted by Gasteiger charge is -2.23. The van der Waals surface area contributed by atoms with Crippen molar-refractivity contribution in [1.82, 2.24) is 4.57 Å². The summed E-state index contributed by atoms with van der Waals surface area (Å²) in [5.41, 5.74) is 2.95. The highest BCUT2D eigenvalue weighted by Gasteiger charge is 2.11. The number of rotatable bonds is 11. The Labute approximate surface area is 172 Å². The average Bonchev–Trinajstić information content (AvgIpc) is 2.88. The number of para-hydroxylation sites is 1. The summed E-state index contributed by atoms with van der Waals surface area (Å²) in [4.78, 5) is 0. The SMILES string of the molecule is CCCCCCCCn1cc(CCC[N+](C)(C)C)c2ccccc21.[I-]. The molecule has 0 radical (unpaired) electrons. The van der Waals surface area contributed by atoms with Crippen LogP contribution in [0.5, 0.6) is 0 Å². The van der Waals surface area contributed by atoms with Gasteiger partial charge in [-0.3, -0.25) is 0 Å². The summed E-state index contributed by atoms with van der Waals surface area (Å²) in [5.74, 6) is 0. The van der Waals surface area contributed by atoms with Crippen LogP contribution in [-0.2, 0) is 13.0 Å². The Balaban J connectivity index is 0.00000312. The van der Waals surface area contributed by atoms with E-state index in [1.54, 1.807) is 0 Å². The molecule has 0 aliphatic rings. The number of hydrogen-bond donors (Lipinski definition) is 0. The van der Waals surface area contributed by atoms with E-state index < -0.39 is 0 Å². The van der Waals surface area contributed by atoms with Gasteiger partial charge in [-0.2, -0.15) is 0 Å². The van der Waals surface area contributed by atoms with Crippen LogP contribution in [-0.4, -0.2) is 36.7 Å². The average molecular weight is 456 g/mol. The highest BCUT2D eigenvalue weighted by Crippen LogP contribution is 2.23. The van der Waals surface area contributed by atoms with Gasteiger partial charge in [0.1, 0.15) is 0 Å². The van der Waals surface area contributed by atoms with Gasteiger partial charge in [-0.1, -0.05) is 57.2 Å². The number of aromatic nitrogens is 1. The monoisotopic (exact) mass is 456 g/mol. The van der Waals surface area contributed by atoms with Crippen LogP contribution in [0.3, 0.4) is 0 Å². The molecule has 0 bridgehead atoms. The van der Waals surface area contributed by atoms with Crippen LogP contribution in [0.15, 0.2) is 30.5 Å². The molecule has 25 heavy (non-hydrogen) atoms. The minimum Gasteiger partial charge on any atom is -1.00 e.